The number of urea groups is 1. The van der Waals surface area contributed by atoms with Crippen molar-refractivity contribution in [2.75, 3.05) is 39.4 Å². The van der Waals surface area contributed by atoms with Crippen molar-refractivity contribution in [2.45, 2.75) is 32.6 Å². The zero-order valence-corrected chi connectivity index (χ0v) is 12.6. The van der Waals surface area contributed by atoms with Crippen molar-refractivity contribution in [3.05, 3.63) is 0 Å². The summed E-state index contributed by atoms with van der Waals surface area (Å²) in [5.41, 5.74) is -0.718. The monoisotopic (exact) mass is 302 g/mol. The Morgan fingerprint density at radius 3 is 2.05 bits per heavy atom. The van der Waals surface area contributed by atoms with Gasteiger partial charge in [-0.2, -0.15) is 0 Å². The zero-order valence-electron chi connectivity index (χ0n) is 12.6. The lowest BCUT2D eigenvalue weighted by Gasteiger charge is -2.40. The summed E-state index contributed by atoms with van der Waals surface area (Å²) in [5.74, 6) is -0.779. The van der Waals surface area contributed by atoms with E-state index in [1.165, 1.54) is 4.90 Å². The van der Waals surface area contributed by atoms with Crippen LogP contribution < -0.4 is 0 Å². The lowest BCUT2D eigenvalue weighted by atomic mass is 9.75. The van der Waals surface area contributed by atoms with Gasteiger partial charge in [0.2, 0.25) is 0 Å². The molecule has 1 saturated heterocycles. The standard InChI is InChI=1S/C14H26N2O5/c1-2-3-14(12(19)20)4-6-15(7-5-14)13(21)16(8-10-17)9-11-18/h17-18H,2-11H2,1H3,(H,19,20). The van der Waals surface area contributed by atoms with Crippen LogP contribution in [0.4, 0.5) is 4.79 Å². The van der Waals surface area contributed by atoms with Crippen LogP contribution in [0.2, 0.25) is 0 Å². The van der Waals surface area contributed by atoms with E-state index in [0.717, 1.165) is 6.42 Å². The van der Waals surface area contributed by atoms with Crippen LogP contribution in [-0.4, -0.2) is 76.5 Å². The Labute approximate surface area is 125 Å². The Balaban J connectivity index is 2.65. The molecule has 0 unspecified atom stereocenters. The molecule has 0 saturated carbocycles. The van der Waals surface area contributed by atoms with E-state index in [2.05, 4.69) is 0 Å². The number of aliphatic hydroxyl groups excluding tert-OH is 2. The fourth-order valence-electron chi connectivity index (χ4n) is 2.92. The molecule has 0 aromatic rings. The van der Waals surface area contributed by atoms with Crippen molar-refractivity contribution in [1.82, 2.24) is 9.80 Å². The van der Waals surface area contributed by atoms with Crippen LogP contribution in [0.25, 0.3) is 0 Å². The van der Waals surface area contributed by atoms with E-state index in [0.29, 0.717) is 32.4 Å². The van der Waals surface area contributed by atoms with Gasteiger partial charge in [0.25, 0.3) is 0 Å². The third-order valence-corrected chi connectivity index (χ3v) is 4.18. The minimum Gasteiger partial charge on any atom is -0.481 e. The average molecular weight is 302 g/mol. The van der Waals surface area contributed by atoms with E-state index in [1.54, 1.807) is 4.90 Å². The smallest absolute Gasteiger partial charge is 0.320 e. The van der Waals surface area contributed by atoms with Gasteiger partial charge >= 0.3 is 12.0 Å². The van der Waals surface area contributed by atoms with Crippen LogP contribution in [0, 0.1) is 5.41 Å². The Morgan fingerprint density at radius 1 is 1.14 bits per heavy atom. The molecule has 1 aliphatic heterocycles. The van der Waals surface area contributed by atoms with Gasteiger partial charge in [0.15, 0.2) is 0 Å². The van der Waals surface area contributed by atoms with E-state index in [4.69, 9.17) is 10.2 Å². The Bertz CT molecular complexity index is 347. The molecule has 1 rings (SSSR count). The molecule has 0 bridgehead atoms. The minimum atomic E-state index is -0.779. The SMILES string of the molecule is CCCC1(C(=O)O)CCN(C(=O)N(CCO)CCO)CC1. The summed E-state index contributed by atoms with van der Waals surface area (Å²) in [6.07, 6.45) is 2.34. The van der Waals surface area contributed by atoms with Gasteiger partial charge in [-0.25, -0.2) is 4.79 Å². The molecule has 0 spiro atoms. The van der Waals surface area contributed by atoms with Crippen LogP contribution in [0.5, 0.6) is 0 Å². The molecule has 0 aromatic heterocycles. The second kappa shape index (κ2) is 8.19. The molecule has 1 fully saturated rings. The molecule has 3 N–H and O–H groups in total. The zero-order chi connectivity index (χ0) is 15.9. The summed E-state index contributed by atoms with van der Waals surface area (Å²) in [6, 6.07) is -0.242. The first kappa shape index (κ1) is 17.7. The number of likely N-dealkylation sites (tertiary alicyclic amines) is 1. The topological polar surface area (TPSA) is 101 Å². The molecular weight excluding hydrogens is 276 g/mol. The number of carbonyl (C=O) groups is 2. The molecule has 1 aliphatic rings. The van der Waals surface area contributed by atoms with Crippen molar-refractivity contribution < 1.29 is 24.9 Å². The van der Waals surface area contributed by atoms with Crippen LogP contribution >= 0.6 is 0 Å². The molecule has 0 atom stereocenters. The van der Waals surface area contributed by atoms with Gasteiger partial charge in [0.1, 0.15) is 0 Å². The Kier molecular flexibility index (Phi) is 6.91. The number of carbonyl (C=O) groups excluding carboxylic acids is 1. The summed E-state index contributed by atoms with van der Waals surface area (Å²) in [7, 11) is 0. The molecule has 7 heteroatoms. The number of hydrogen-bond donors (Lipinski definition) is 3. The number of piperidine rings is 1. The average Bonchev–Trinajstić information content (AvgIpc) is 2.47. The number of carboxylic acids is 1. The first-order valence-corrected chi connectivity index (χ1v) is 7.49. The van der Waals surface area contributed by atoms with E-state index in [9.17, 15) is 14.7 Å². The summed E-state index contributed by atoms with van der Waals surface area (Å²) in [6.45, 7) is 2.80. The summed E-state index contributed by atoms with van der Waals surface area (Å²) in [4.78, 5) is 26.8. The highest BCUT2D eigenvalue weighted by Crippen LogP contribution is 2.36. The van der Waals surface area contributed by atoms with Crippen LogP contribution in [-0.2, 0) is 4.79 Å². The number of aliphatic hydroxyl groups is 2. The number of aliphatic carboxylic acids is 1. The third-order valence-electron chi connectivity index (χ3n) is 4.18. The maximum Gasteiger partial charge on any atom is 0.320 e. The highest BCUT2D eigenvalue weighted by Gasteiger charge is 2.42. The lowest BCUT2D eigenvalue weighted by Crippen LogP contribution is -2.51. The second-order valence-corrected chi connectivity index (χ2v) is 5.54. The molecule has 7 nitrogen and oxygen atoms in total. The Hall–Kier alpha value is -1.34. The van der Waals surface area contributed by atoms with Gasteiger partial charge in [0.05, 0.1) is 18.6 Å². The minimum absolute atomic E-state index is 0.158. The van der Waals surface area contributed by atoms with E-state index in [1.807, 2.05) is 6.92 Å². The fourth-order valence-corrected chi connectivity index (χ4v) is 2.92. The third kappa shape index (κ3) is 4.31. The van der Waals surface area contributed by atoms with Crippen LogP contribution in [0.15, 0.2) is 0 Å². The Morgan fingerprint density at radius 2 is 1.67 bits per heavy atom. The van der Waals surface area contributed by atoms with E-state index >= 15 is 0 Å². The number of nitrogens with zero attached hydrogens (tertiary/aromatic N) is 2. The maximum absolute atomic E-state index is 12.3. The summed E-state index contributed by atoms with van der Waals surface area (Å²) >= 11 is 0. The maximum atomic E-state index is 12.3. The van der Waals surface area contributed by atoms with Crippen molar-refractivity contribution in [1.29, 1.82) is 0 Å². The molecule has 0 aromatic carbocycles. The van der Waals surface area contributed by atoms with Gasteiger partial charge in [-0.05, 0) is 19.3 Å². The predicted octanol–water partition coefficient (Wildman–Crippen LogP) is 0.360. The quantitative estimate of drug-likeness (QED) is 0.630. The largest absolute Gasteiger partial charge is 0.481 e. The molecule has 1 heterocycles. The number of carboxylic acid groups (broad SMARTS) is 1. The van der Waals surface area contributed by atoms with E-state index < -0.39 is 11.4 Å². The second-order valence-electron chi connectivity index (χ2n) is 5.54. The van der Waals surface area contributed by atoms with Crippen molar-refractivity contribution in [3.8, 4) is 0 Å². The van der Waals surface area contributed by atoms with Gasteiger partial charge < -0.3 is 25.1 Å². The van der Waals surface area contributed by atoms with Crippen LogP contribution in [0.1, 0.15) is 32.6 Å². The molecule has 0 aliphatic carbocycles. The molecular formula is C14H26N2O5. The van der Waals surface area contributed by atoms with Gasteiger partial charge in [-0.3, -0.25) is 4.79 Å². The lowest BCUT2D eigenvalue weighted by molar-refractivity contribution is -0.152. The molecule has 122 valence electrons. The highest BCUT2D eigenvalue weighted by molar-refractivity contribution is 5.77. The predicted molar refractivity (Wildman–Crippen MR) is 76.9 cm³/mol. The molecule has 0 radical (unpaired) electrons. The fraction of sp³-hybridized carbons (Fsp3) is 0.857. The van der Waals surface area contributed by atoms with Gasteiger partial charge in [-0.1, -0.05) is 13.3 Å². The number of hydrogen-bond acceptors (Lipinski definition) is 4. The number of amides is 2. The van der Waals surface area contributed by atoms with Crippen molar-refractivity contribution in [3.63, 3.8) is 0 Å². The molecule has 21 heavy (non-hydrogen) atoms. The van der Waals surface area contributed by atoms with Crippen molar-refractivity contribution >= 4 is 12.0 Å². The highest BCUT2D eigenvalue weighted by atomic mass is 16.4. The number of rotatable bonds is 7. The summed E-state index contributed by atoms with van der Waals surface area (Å²) in [5, 5.41) is 27.4. The molecule has 2 amide bonds. The first-order chi connectivity index (χ1) is 10.0. The first-order valence-electron chi connectivity index (χ1n) is 7.49. The normalized spacial score (nSPS) is 17.6. The van der Waals surface area contributed by atoms with Crippen LogP contribution in [0.3, 0.4) is 0 Å². The van der Waals surface area contributed by atoms with Gasteiger partial charge in [-0.15, -0.1) is 0 Å². The van der Waals surface area contributed by atoms with Crippen molar-refractivity contribution in [2.24, 2.45) is 5.41 Å². The van der Waals surface area contributed by atoms with Gasteiger partial charge in [0, 0.05) is 26.2 Å². The summed E-state index contributed by atoms with van der Waals surface area (Å²) < 4.78 is 0. The van der Waals surface area contributed by atoms with E-state index in [-0.39, 0.29) is 32.3 Å².